The van der Waals surface area contributed by atoms with Crippen LogP contribution in [0.25, 0.3) is 0 Å². The zero-order chi connectivity index (χ0) is 10.6. The largest absolute Gasteiger partial charge is 0.480 e. The van der Waals surface area contributed by atoms with Gasteiger partial charge in [0.15, 0.2) is 0 Å². The van der Waals surface area contributed by atoms with Crippen molar-refractivity contribution >= 4 is 11.9 Å². The second-order valence-corrected chi connectivity index (χ2v) is 2.87. The third-order valence-corrected chi connectivity index (χ3v) is 1.65. The number of aromatic nitrogens is 2. The van der Waals surface area contributed by atoms with E-state index in [1.54, 1.807) is 0 Å². The van der Waals surface area contributed by atoms with E-state index in [9.17, 15) is 9.59 Å². The van der Waals surface area contributed by atoms with Gasteiger partial charge in [-0.05, 0) is 0 Å². The molecule has 0 unspecified atom stereocenters. The third kappa shape index (κ3) is 2.89. The Bertz CT molecular complexity index is 321. The van der Waals surface area contributed by atoms with Gasteiger partial charge in [-0.15, -0.1) is 0 Å². The molecule has 1 rings (SSSR count). The van der Waals surface area contributed by atoms with Gasteiger partial charge < -0.3 is 15.4 Å². The first-order valence-electron chi connectivity index (χ1n) is 4.06. The van der Waals surface area contributed by atoms with Crippen LogP contribution < -0.4 is 5.32 Å². The molecular weight excluding hydrogens is 186 g/mol. The summed E-state index contributed by atoms with van der Waals surface area (Å²) in [5, 5.41) is 11.1. The second-order valence-electron chi connectivity index (χ2n) is 2.87. The second kappa shape index (κ2) is 4.40. The van der Waals surface area contributed by atoms with E-state index in [0.717, 1.165) is 0 Å². The van der Waals surface area contributed by atoms with E-state index < -0.39 is 12.0 Å². The van der Waals surface area contributed by atoms with Gasteiger partial charge in [-0.25, -0.2) is 9.78 Å². The van der Waals surface area contributed by atoms with Crippen molar-refractivity contribution in [2.24, 2.45) is 0 Å². The van der Waals surface area contributed by atoms with Gasteiger partial charge in [0.2, 0.25) is 5.91 Å². The van der Waals surface area contributed by atoms with Gasteiger partial charge in [-0.2, -0.15) is 0 Å². The Morgan fingerprint density at radius 1 is 1.71 bits per heavy atom. The van der Waals surface area contributed by atoms with Crippen LogP contribution >= 0.6 is 0 Å². The molecular formula is C8H11N3O3. The molecule has 1 heterocycles. The Labute approximate surface area is 80.4 Å². The topological polar surface area (TPSA) is 95.1 Å². The smallest absolute Gasteiger partial charge is 0.326 e. The van der Waals surface area contributed by atoms with Crippen molar-refractivity contribution in [3.05, 3.63) is 18.2 Å². The van der Waals surface area contributed by atoms with Crippen LogP contribution in [-0.2, 0) is 16.0 Å². The summed E-state index contributed by atoms with van der Waals surface area (Å²) >= 11 is 0. The number of imidazole rings is 1. The maximum absolute atomic E-state index is 10.7. The zero-order valence-electron chi connectivity index (χ0n) is 7.65. The summed E-state index contributed by atoms with van der Waals surface area (Å²) in [5.41, 5.74) is 0.672. The van der Waals surface area contributed by atoms with Crippen molar-refractivity contribution in [3.8, 4) is 0 Å². The van der Waals surface area contributed by atoms with Crippen LogP contribution in [0.1, 0.15) is 12.6 Å². The highest BCUT2D eigenvalue weighted by molar-refractivity contribution is 5.82. The van der Waals surface area contributed by atoms with Crippen molar-refractivity contribution in [1.82, 2.24) is 15.3 Å². The van der Waals surface area contributed by atoms with Gasteiger partial charge >= 0.3 is 5.97 Å². The molecule has 0 aliphatic heterocycles. The fourth-order valence-electron chi connectivity index (χ4n) is 1.06. The molecule has 0 radical (unpaired) electrons. The van der Waals surface area contributed by atoms with E-state index in [-0.39, 0.29) is 12.3 Å². The molecule has 0 saturated carbocycles. The molecule has 1 atom stereocenters. The maximum atomic E-state index is 10.7. The number of nitrogens with one attached hydrogen (secondary N) is 2. The minimum atomic E-state index is -1.06. The van der Waals surface area contributed by atoms with Crippen LogP contribution in [0.3, 0.4) is 0 Å². The lowest BCUT2D eigenvalue weighted by atomic mass is 10.1. The average molecular weight is 197 g/mol. The van der Waals surface area contributed by atoms with Gasteiger partial charge in [-0.3, -0.25) is 4.79 Å². The molecule has 1 amide bonds. The Hall–Kier alpha value is -1.85. The lowest BCUT2D eigenvalue weighted by molar-refractivity contribution is -0.141. The van der Waals surface area contributed by atoms with Crippen LogP contribution in [0.4, 0.5) is 0 Å². The van der Waals surface area contributed by atoms with Gasteiger partial charge in [-0.1, -0.05) is 0 Å². The number of hydrogen-bond acceptors (Lipinski definition) is 3. The number of carboxylic acids is 1. The van der Waals surface area contributed by atoms with Crippen molar-refractivity contribution < 1.29 is 14.7 Å². The van der Waals surface area contributed by atoms with Crippen molar-refractivity contribution in [2.75, 3.05) is 0 Å². The summed E-state index contributed by atoms with van der Waals surface area (Å²) in [6, 6.07) is -0.909. The number of nitrogens with zero attached hydrogens (tertiary/aromatic N) is 1. The quantitative estimate of drug-likeness (QED) is 0.608. The van der Waals surface area contributed by atoms with Crippen LogP contribution in [0, 0.1) is 0 Å². The van der Waals surface area contributed by atoms with Gasteiger partial charge in [0.1, 0.15) is 6.04 Å². The van der Waals surface area contributed by atoms with Crippen LogP contribution in [0.2, 0.25) is 0 Å². The predicted octanol–water partition coefficient (Wildman–Crippen LogP) is -0.459. The molecule has 14 heavy (non-hydrogen) atoms. The highest BCUT2D eigenvalue weighted by Gasteiger charge is 2.18. The number of carbonyl (C=O) groups is 2. The van der Waals surface area contributed by atoms with E-state index in [0.29, 0.717) is 5.69 Å². The minimum Gasteiger partial charge on any atom is -0.480 e. The van der Waals surface area contributed by atoms with E-state index in [1.807, 2.05) is 0 Å². The molecule has 0 fully saturated rings. The summed E-state index contributed by atoms with van der Waals surface area (Å²) in [6.45, 7) is 1.28. The van der Waals surface area contributed by atoms with Gasteiger partial charge in [0.25, 0.3) is 0 Å². The molecule has 1 aromatic heterocycles. The highest BCUT2D eigenvalue weighted by atomic mass is 16.4. The highest BCUT2D eigenvalue weighted by Crippen LogP contribution is 1.98. The number of aromatic amines is 1. The van der Waals surface area contributed by atoms with Crippen molar-refractivity contribution in [1.29, 1.82) is 0 Å². The number of amides is 1. The molecule has 0 aromatic carbocycles. The normalized spacial score (nSPS) is 12.1. The summed E-state index contributed by atoms with van der Waals surface area (Å²) < 4.78 is 0. The van der Waals surface area contributed by atoms with Crippen LogP contribution in [0.5, 0.6) is 0 Å². The summed E-state index contributed by atoms with van der Waals surface area (Å²) in [7, 11) is 0. The van der Waals surface area contributed by atoms with E-state index in [2.05, 4.69) is 15.3 Å². The Kier molecular flexibility index (Phi) is 3.22. The molecule has 0 saturated heterocycles. The SMILES string of the molecule is CC(=O)N[C@@H](Cc1cnc[nH]1)C(=O)O. The van der Waals surface area contributed by atoms with Crippen molar-refractivity contribution in [3.63, 3.8) is 0 Å². The summed E-state index contributed by atoms with van der Waals surface area (Å²) in [5.74, 6) is -1.42. The maximum Gasteiger partial charge on any atom is 0.326 e. The van der Waals surface area contributed by atoms with Crippen LogP contribution in [-0.4, -0.2) is 33.0 Å². The molecule has 0 bridgehead atoms. The van der Waals surface area contributed by atoms with E-state index >= 15 is 0 Å². The number of carboxylic acid groups (broad SMARTS) is 1. The standard InChI is InChI=1S/C8H11N3O3/c1-5(12)11-7(8(13)14)2-6-3-9-4-10-6/h3-4,7H,2H2,1H3,(H,9,10)(H,11,12)(H,13,14)/t7-/m0/s1. The molecule has 3 N–H and O–H groups in total. The average Bonchev–Trinajstić information content (AvgIpc) is 2.54. The first-order chi connectivity index (χ1) is 6.59. The summed E-state index contributed by atoms with van der Waals surface area (Å²) in [4.78, 5) is 27.9. The fraction of sp³-hybridized carbons (Fsp3) is 0.375. The van der Waals surface area contributed by atoms with E-state index in [4.69, 9.17) is 5.11 Å². The first kappa shape index (κ1) is 10.2. The first-order valence-corrected chi connectivity index (χ1v) is 4.06. The van der Waals surface area contributed by atoms with Gasteiger partial charge in [0, 0.05) is 25.2 Å². The number of aliphatic carboxylic acids is 1. The monoisotopic (exact) mass is 197 g/mol. The van der Waals surface area contributed by atoms with Crippen LogP contribution in [0.15, 0.2) is 12.5 Å². The Morgan fingerprint density at radius 3 is 2.86 bits per heavy atom. The lowest BCUT2D eigenvalue weighted by Crippen LogP contribution is -2.41. The third-order valence-electron chi connectivity index (χ3n) is 1.65. The summed E-state index contributed by atoms with van der Waals surface area (Å²) in [6.07, 6.45) is 3.19. The molecule has 76 valence electrons. The Balaban J connectivity index is 2.60. The zero-order valence-corrected chi connectivity index (χ0v) is 7.65. The Morgan fingerprint density at radius 2 is 2.43 bits per heavy atom. The number of hydrogen-bond donors (Lipinski definition) is 3. The van der Waals surface area contributed by atoms with Gasteiger partial charge in [0.05, 0.1) is 6.33 Å². The number of H-pyrrole nitrogens is 1. The van der Waals surface area contributed by atoms with Crippen molar-refractivity contribution in [2.45, 2.75) is 19.4 Å². The molecule has 0 aliphatic rings. The number of rotatable bonds is 4. The molecule has 6 heteroatoms. The molecule has 1 aromatic rings. The molecule has 0 spiro atoms. The molecule has 0 aliphatic carbocycles. The minimum absolute atomic E-state index is 0.203. The predicted molar refractivity (Wildman–Crippen MR) is 47.5 cm³/mol. The molecule has 6 nitrogen and oxygen atoms in total. The number of carbonyl (C=O) groups excluding carboxylic acids is 1. The van der Waals surface area contributed by atoms with E-state index in [1.165, 1.54) is 19.4 Å². The fourth-order valence-corrected chi connectivity index (χ4v) is 1.06. The lowest BCUT2D eigenvalue weighted by Gasteiger charge is -2.11.